The zero-order valence-electron chi connectivity index (χ0n) is 22.1. The highest BCUT2D eigenvalue weighted by Gasteiger charge is 2.30. The summed E-state index contributed by atoms with van der Waals surface area (Å²) < 4.78 is 14.3. The third kappa shape index (κ3) is 5.86. The molecule has 0 spiro atoms. The van der Waals surface area contributed by atoms with Crippen LogP contribution in [-0.2, 0) is 0 Å². The van der Waals surface area contributed by atoms with E-state index >= 15 is 0 Å². The summed E-state index contributed by atoms with van der Waals surface area (Å²) in [6.45, 7) is 2.43. The predicted molar refractivity (Wildman–Crippen MR) is 149 cm³/mol. The van der Waals surface area contributed by atoms with Gasteiger partial charge in [0.15, 0.2) is 0 Å². The Labute approximate surface area is 227 Å². The van der Waals surface area contributed by atoms with E-state index in [0.717, 1.165) is 36.8 Å². The second-order valence-corrected chi connectivity index (χ2v) is 11.0. The molecule has 1 saturated carbocycles. The van der Waals surface area contributed by atoms with Gasteiger partial charge in [-0.1, -0.05) is 12.2 Å². The lowest BCUT2D eigenvalue weighted by Crippen LogP contribution is -2.42. The van der Waals surface area contributed by atoms with Crippen LogP contribution in [0.1, 0.15) is 67.1 Å². The number of carbonyl (C=O) groups excluding carboxylic acids is 1. The highest BCUT2D eigenvalue weighted by Crippen LogP contribution is 2.37. The van der Waals surface area contributed by atoms with Gasteiger partial charge in [0.25, 0.3) is 5.91 Å². The molecule has 202 valence electrons. The fourth-order valence-corrected chi connectivity index (χ4v) is 5.32. The van der Waals surface area contributed by atoms with Crippen molar-refractivity contribution in [2.45, 2.75) is 69.3 Å². The Balaban J connectivity index is 1.36. The normalized spacial score (nSPS) is 23.2. The first-order chi connectivity index (χ1) is 18.7. The van der Waals surface area contributed by atoms with E-state index in [-0.39, 0.29) is 18.6 Å². The van der Waals surface area contributed by atoms with Gasteiger partial charge in [0, 0.05) is 36.4 Å². The van der Waals surface area contributed by atoms with Gasteiger partial charge in [0.1, 0.15) is 18.3 Å². The molecule has 0 aromatic carbocycles. The van der Waals surface area contributed by atoms with Crippen LogP contribution in [-0.4, -0.2) is 57.6 Å². The van der Waals surface area contributed by atoms with Crippen molar-refractivity contribution in [3.8, 4) is 6.07 Å². The van der Waals surface area contributed by atoms with E-state index in [1.165, 1.54) is 25.6 Å². The van der Waals surface area contributed by atoms with Gasteiger partial charge in [-0.05, 0) is 74.8 Å². The van der Waals surface area contributed by atoms with Crippen LogP contribution in [0, 0.1) is 11.3 Å². The number of allylic oxidation sites excluding steroid dienone is 3. The molecule has 3 heterocycles. The zero-order chi connectivity index (χ0) is 27.6. The maximum absolute atomic E-state index is 14.3. The van der Waals surface area contributed by atoms with E-state index in [0.29, 0.717) is 28.4 Å². The fraction of sp³-hybridized carbons (Fsp3) is 0.400. The van der Waals surface area contributed by atoms with E-state index in [2.05, 4.69) is 43.9 Å². The molecule has 2 aromatic heterocycles. The molecule has 9 heteroatoms. The maximum atomic E-state index is 14.3. The number of aliphatic imine (C=N–C) groups is 1. The number of nitrogens with zero attached hydrogens (tertiary/aromatic N) is 3. The highest BCUT2D eigenvalue weighted by molar-refractivity contribution is 6.00. The molecule has 0 saturated heterocycles. The molecule has 0 bridgehead atoms. The smallest absolute Gasteiger partial charge is 0.255 e. The molecular weight excluding hydrogens is 495 g/mol. The van der Waals surface area contributed by atoms with Crippen LogP contribution in [0.4, 0.5) is 10.1 Å². The molecule has 8 nitrogen and oxygen atoms in total. The van der Waals surface area contributed by atoms with Crippen molar-refractivity contribution in [3.63, 3.8) is 0 Å². The fourth-order valence-electron chi connectivity index (χ4n) is 5.32. The van der Waals surface area contributed by atoms with Crippen molar-refractivity contribution in [3.05, 3.63) is 76.9 Å². The van der Waals surface area contributed by atoms with Gasteiger partial charge in [-0.3, -0.25) is 14.8 Å². The Bertz CT molecular complexity index is 1390. The number of amides is 1. The SMILES string of the molecule is CC(C)(O)[C@H](F)CNC(=O)c1cnc(C2=CC=C3C=C(C#N)C=NC32)cc1N[C@H]1CC[C@@H](c2cc[nH]c2)CC1. The lowest BCUT2D eigenvalue weighted by Gasteiger charge is -2.30. The first-order valence-corrected chi connectivity index (χ1v) is 13.3. The molecule has 2 atom stereocenters. The number of aliphatic hydroxyl groups is 1. The minimum absolute atomic E-state index is 0.173. The summed E-state index contributed by atoms with van der Waals surface area (Å²) in [5, 5.41) is 25.3. The quantitative estimate of drug-likeness (QED) is 0.398. The number of hydrogen-bond donors (Lipinski definition) is 4. The number of halogens is 1. The summed E-state index contributed by atoms with van der Waals surface area (Å²) in [6.07, 6.45) is 15.1. The Morgan fingerprint density at radius 2 is 2.10 bits per heavy atom. The number of pyridine rings is 1. The molecule has 1 amide bonds. The first-order valence-electron chi connectivity index (χ1n) is 13.3. The van der Waals surface area contributed by atoms with E-state index in [4.69, 9.17) is 0 Å². The molecule has 1 unspecified atom stereocenters. The molecule has 2 aromatic rings. The Morgan fingerprint density at radius 3 is 2.79 bits per heavy atom. The van der Waals surface area contributed by atoms with Crippen molar-refractivity contribution < 1.29 is 14.3 Å². The molecule has 3 aliphatic rings. The van der Waals surface area contributed by atoms with Crippen LogP contribution in [0.2, 0.25) is 0 Å². The predicted octanol–water partition coefficient (Wildman–Crippen LogP) is 4.61. The molecule has 5 rings (SSSR count). The number of carbonyl (C=O) groups is 1. The maximum Gasteiger partial charge on any atom is 0.255 e. The van der Waals surface area contributed by atoms with Gasteiger partial charge < -0.3 is 20.7 Å². The highest BCUT2D eigenvalue weighted by atomic mass is 19.1. The second kappa shape index (κ2) is 11.0. The summed E-state index contributed by atoms with van der Waals surface area (Å²) in [4.78, 5) is 25.4. The summed E-state index contributed by atoms with van der Waals surface area (Å²) in [7, 11) is 0. The molecule has 4 N–H and O–H groups in total. The van der Waals surface area contributed by atoms with Crippen LogP contribution in [0.5, 0.6) is 0 Å². The number of fused-ring (bicyclic) bond motifs is 1. The van der Waals surface area contributed by atoms with Crippen LogP contribution in [0.3, 0.4) is 0 Å². The molecule has 1 fully saturated rings. The largest absolute Gasteiger partial charge is 0.387 e. The van der Waals surface area contributed by atoms with Gasteiger partial charge in [-0.25, -0.2) is 4.39 Å². The van der Waals surface area contributed by atoms with Gasteiger partial charge >= 0.3 is 0 Å². The number of aromatic nitrogens is 2. The second-order valence-electron chi connectivity index (χ2n) is 11.0. The molecular formula is C30H33FN6O2. The van der Waals surface area contributed by atoms with Crippen LogP contribution < -0.4 is 10.6 Å². The van der Waals surface area contributed by atoms with E-state index < -0.39 is 17.7 Å². The van der Waals surface area contributed by atoms with Crippen molar-refractivity contribution in [1.29, 1.82) is 5.26 Å². The lowest BCUT2D eigenvalue weighted by molar-refractivity contribution is -0.00177. The number of nitrogens with one attached hydrogen (secondary N) is 3. The number of rotatable bonds is 8. The van der Waals surface area contributed by atoms with E-state index in [9.17, 15) is 19.6 Å². The minimum atomic E-state index is -1.61. The van der Waals surface area contributed by atoms with Crippen molar-refractivity contribution >= 4 is 23.4 Å². The molecule has 1 aliphatic heterocycles. The average Bonchev–Trinajstić information content (AvgIpc) is 3.61. The summed E-state index contributed by atoms with van der Waals surface area (Å²) in [5.41, 5.74) is 3.69. The topological polar surface area (TPSA) is 126 Å². The first kappa shape index (κ1) is 26.6. The van der Waals surface area contributed by atoms with E-state index in [1.54, 1.807) is 6.21 Å². The summed E-state index contributed by atoms with van der Waals surface area (Å²) in [5.74, 6) is 0.0537. The Hall–Kier alpha value is -4.03. The zero-order valence-corrected chi connectivity index (χ0v) is 22.1. The minimum Gasteiger partial charge on any atom is -0.387 e. The third-order valence-corrected chi connectivity index (χ3v) is 7.71. The standard InChI is InChI=1S/C30H33FN6O2/c1-30(2,39)27(31)17-36-29(38)24-16-34-25(23-8-5-20-11-18(13-32)14-35-28(20)23)12-26(24)37-22-6-3-19(4-7-22)21-9-10-33-15-21/h5,8-12,14-16,19,22,27-28,33,39H,3-4,6-7,17H2,1-2H3,(H,34,37)(H,36,38)/t19-,22+,27-,28?/m1/s1. The number of alkyl halides is 1. The van der Waals surface area contributed by atoms with E-state index in [1.807, 2.05) is 30.5 Å². The van der Waals surface area contributed by atoms with Gasteiger partial charge in [-0.15, -0.1) is 0 Å². The van der Waals surface area contributed by atoms with Gasteiger partial charge in [0.05, 0.1) is 34.7 Å². The van der Waals surface area contributed by atoms with Gasteiger partial charge in [0.2, 0.25) is 0 Å². The Morgan fingerprint density at radius 1 is 1.31 bits per heavy atom. The van der Waals surface area contributed by atoms with Crippen LogP contribution in [0.25, 0.3) is 5.57 Å². The Kier molecular flexibility index (Phi) is 7.49. The van der Waals surface area contributed by atoms with Gasteiger partial charge in [-0.2, -0.15) is 5.26 Å². The monoisotopic (exact) mass is 528 g/mol. The van der Waals surface area contributed by atoms with Crippen LogP contribution in [0.15, 0.2) is 65.1 Å². The average molecular weight is 529 g/mol. The molecule has 0 radical (unpaired) electrons. The van der Waals surface area contributed by atoms with Crippen LogP contribution >= 0.6 is 0 Å². The van der Waals surface area contributed by atoms with Crippen molar-refractivity contribution in [2.75, 3.05) is 11.9 Å². The number of H-pyrrole nitrogens is 1. The molecule has 39 heavy (non-hydrogen) atoms. The molecule has 2 aliphatic carbocycles. The lowest BCUT2D eigenvalue weighted by atomic mass is 9.82. The number of hydrogen-bond acceptors (Lipinski definition) is 6. The number of aromatic amines is 1. The number of dihydropyridines is 1. The number of nitriles is 1. The number of anilines is 1. The summed E-state index contributed by atoms with van der Waals surface area (Å²) in [6, 6.07) is 6.03. The summed E-state index contributed by atoms with van der Waals surface area (Å²) >= 11 is 0. The van der Waals surface area contributed by atoms with Crippen molar-refractivity contribution in [2.24, 2.45) is 4.99 Å². The van der Waals surface area contributed by atoms with Crippen molar-refractivity contribution in [1.82, 2.24) is 15.3 Å². The third-order valence-electron chi connectivity index (χ3n) is 7.71.